The van der Waals surface area contributed by atoms with Gasteiger partial charge in [0.2, 0.25) is 0 Å². The Bertz CT molecular complexity index is 898. The standard InChI is InChI=1S/C17H12Cl2N2O4/c18-10-3-6-15-13(8-10)16(22)2-1-7-20(15)17(23)12-5-4-11(21(24)25)9-14(12)19/h3-6,8-9H,1-2,7H2. The molecule has 8 heteroatoms. The Morgan fingerprint density at radius 3 is 2.60 bits per heavy atom. The Morgan fingerprint density at radius 1 is 1.16 bits per heavy atom. The number of carbonyl (C=O) groups is 2. The van der Waals surface area contributed by atoms with E-state index in [1.54, 1.807) is 18.2 Å². The summed E-state index contributed by atoms with van der Waals surface area (Å²) in [6.07, 6.45) is 0.812. The highest BCUT2D eigenvalue weighted by Gasteiger charge is 2.27. The predicted octanol–water partition coefficient (Wildman–Crippen LogP) is 4.52. The van der Waals surface area contributed by atoms with E-state index in [9.17, 15) is 19.7 Å². The maximum atomic E-state index is 12.9. The summed E-state index contributed by atoms with van der Waals surface area (Å²) in [5, 5.41) is 11.2. The van der Waals surface area contributed by atoms with Gasteiger partial charge in [-0.05, 0) is 30.7 Å². The molecule has 6 nitrogen and oxygen atoms in total. The Hall–Kier alpha value is -2.44. The van der Waals surface area contributed by atoms with Crippen LogP contribution in [0.2, 0.25) is 10.0 Å². The first kappa shape index (κ1) is 17.4. The van der Waals surface area contributed by atoms with E-state index in [4.69, 9.17) is 23.2 Å². The van der Waals surface area contributed by atoms with E-state index in [0.717, 1.165) is 6.07 Å². The van der Waals surface area contributed by atoms with Crippen LogP contribution in [0.1, 0.15) is 33.6 Å². The van der Waals surface area contributed by atoms with Crippen LogP contribution in [0.4, 0.5) is 11.4 Å². The molecule has 0 atom stereocenters. The van der Waals surface area contributed by atoms with Crippen LogP contribution in [0.15, 0.2) is 36.4 Å². The molecule has 0 fully saturated rings. The van der Waals surface area contributed by atoms with E-state index in [1.165, 1.54) is 17.0 Å². The molecule has 1 heterocycles. The number of fused-ring (bicyclic) bond motifs is 1. The van der Waals surface area contributed by atoms with Gasteiger partial charge < -0.3 is 4.90 Å². The Kier molecular flexibility index (Phi) is 4.74. The minimum absolute atomic E-state index is 0.00899. The summed E-state index contributed by atoms with van der Waals surface area (Å²) in [5.41, 5.74) is 0.796. The number of Topliss-reactive ketones (excluding diaryl/α,β-unsaturated/α-hetero) is 1. The van der Waals surface area contributed by atoms with Crippen molar-refractivity contribution in [2.75, 3.05) is 11.4 Å². The van der Waals surface area contributed by atoms with E-state index < -0.39 is 10.8 Å². The zero-order chi connectivity index (χ0) is 18.1. The first-order valence-electron chi connectivity index (χ1n) is 7.47. The monoisotopic (exact) mass is 378 g/mol. The molecule has 2 aromatic rings. The third-order valence-electron chi connectivity index (χ3n) is 3.97. The number of halogens is 2. The van der Waals surface area contributed by atoms with Gasteiger partial charge in [0.05, 0.1) is 21.2 Å². The molecule has 0 radical (unpaired) electrons. The minimum atomic E-state index is -0.581. The number of nitro benzene ring substituents is 1. The van der Waals surface area contributed by atoms with E-state index >= 15 is 0 Å². The summed E-state index contributed by atoms with van der Waals surface area (Å²) in [5.74, 6) is -0.499. The number of anilines is 1. The zero-order valence-corrected chi connectivity index (χ0v) is 14.4. The van der Waals surface area contributed by atoms with E-state index in [2.05, 4.69) is 0 Å². The van der Waals surface area contributed by atoms with Crippen molar-refractivity contribution in [3.05, 3.63) is 67.7 Å². The van der Waals surface area contributed by atoms with Gasteiger partial charge in [0.15, 0.2) is 5.78 Å². The SMILES string of the molecule is O=C1CCCN(C(=O)c2ccc([N+](=O)[O-])cc2Cl)c2ccc(Cl)cc21. The lowest BCUT2D eigenvalue weighted by atomic mass is 10.1. The quantitative estimate of drug-likeness (QED) is 0.567. The van der Waals surface area contributed by atoms with Crippen LogP contribution in [0.3, 0.4) is 0 Å². The maximum absolute atomic E-state index is 12.9. The van der Waals surface area contributed by atoms with Crippen molar-refractivity contribution in [2.24, 2.45) is 0 Å². The number of rotatable bonds is 2. The van der Waals surface area contributed by atoms with Crippen LogP contribution in [-0.4, -0.2) is 23.2 Å². The summed E-state index contributed by atoms with van der Waals surface area (Å²) >= 11 is 12.0. The van der Waals surface area contributed by atoms with E-state index in [0.29, 0.717) is 35.7 Å². The molecule has 1 amide bonds. The highest BCUT2D eigenvalue weighted by atomic mass is 35.5. The summed E-state index contributed by atoms with van der Waals surface area (Å²) in [4.78, 5) is 36.9. The third kappa shape index (κ3) is 3.36. The van der Waals surface area contributed by atoms with Gasteiger partial charge in [-0.15, -0.1) is 0 Å². The average molecular weight is 379 g/mol. The van der Waals surface area contributed by atoms with Crippen molar-refractivity contribution in [3.63, 3.8) is 0 Å². The average Bonchev–Trinajstić information content (AvgIpc) is 2.73. The summed E-state index contributed by atoms with van der Waals surface area (Å²) in [7, 11) is 0. The smallest absolute Gasteiger partial charge is 0.270 e. The molecule has 1 aliphatic rings. The molecule has 0 saturated heterocycles. The normalized spacial score (nSPS) is 14.0. The molecule has 1 aliphatic heterocycles. The summed E-state index contributed by atoms with van der Waals surface area (Å²) in [6.45, 7) is 0.340. The lowest BCUT2D eigenvalue weighted by Gasteiger charge is -2.23. The van der Waals surface area contributed by atoms with Crippen molar-refractivity contribution in [3.8, 4) is 0 Å². The molecule has 0 aliphatic carbocycles. The van der Waals surface area contributed by atoms with Gasteiger partial charge in [-0.3, -0.25) is 19.7 Å². The fourth-order valence-corrected chi connectivity index (χ4v) is 3.19. The highest BCUT2D eigenvalue weighted by Crippen LogP contribution is 2.32. The van der Waals surface area contributed by atoms with Crippen molar-refractivity contribution in [1.82, 2.24) is 0 Å². The maximum Gasteiger partial charge on any atom is 0.270 e. The second kappa shape index (κ2) is 6.82. The molecule has 0 spiro atoms. The lowest BCUT2D eigenvalue weighted by molar-refractivity contribution is -0.384. The third-order valence-corrected chi connectivity index (χ3v) is 4.52. The zero-order valence-electron chi connectivity index (χ0n) is 12.9. The number of nitrogens with zero attached hydrogens (tertiary/aromatic N) is 2. The van der Waals surface area contributed by atoms with Crippen LogP contribution < -0.4 is 4.90 Å². The van der Waals surface area contributed by atoms with Crippen molar-refractivity contribution in [1.29, 1.82) is 0 Å². The molecule has 25 heavy (non-hydrogen) atoms. The number of non-ortho nitro benzene ring substituents is 1. The number of hydrogen-bond acceptors (Lipinski definition) is 4. The van der Waals surface area contributed by atoms with Crippen LogP contribution >= 0.6 is 23.2 Å². The fraction of sp³-hybridized carbons (Fsp3) is 0.176. The van der Waals surface area contributed by atoms with Gasteiger partial charge in [-0.2, -0.15) is 0 Å². The number of amides is 1. The van der Waals surface area contributed by atoms with Crippen molar-refractivity contribution in [2.45, 2.75) is 12.8 Å². The highest BCUT2D eigenvalue weighted by molar-refractivity contribution is 6.35. The molecule has 0 N–H and O–H groups in total. The van der Waals surface area contributed by atoms with Gasteiger partial charge in [0, 0.05) is 35.7 Å². The van der Waals surface area contributed by atoms with Crippen LogP contribution in [0, 0.1) is 10.1 Å². The molecule has 128 valence electrons. The lowest BCUT2D eigenvalue weighted by Crippen LogP contribution is -2.32. The van der Waals surface area contributed by atoms with Gasteiger partial charge in [-0.1, -0.05) is 23.2 Å². The van der Waals surface area contributed by atoms with Gasteiger partial charge in [-0.25, -0.2) is 0 Å². The second-order valence-electron chi connectivity index (χ2n) is 5.57. The molecule has 0 aromatic heterocycles. The van der Waals surface area contributed by atoms with Crippen LogP contribution in [0.25, 0.3) is 0 Å². The van der Waals surface area contributed by atoms with Crippen molar-refractivity contribution >= 4 is 46.3 Å². The van der Waals surface area contributed by atoms with Gasteiger partial charge in [0.25, 0.3) is 11.6 Å². The van der Waals surface area contributed by atoms with Crippen LogP contribution in [-0.2, 0) is 0 Å². The molecule has 0 unspecified atom stereocenters. The van der Waals surface area contributed by atoms with Gasteiger partial charge >= 0.3 is 0 Å². The van der Waals surface area contributed by atoms with Crippen molar-refractivity contribution < 1.29 is 14.5 Å². The van der Waals surface area contributed by atoms with E-state index in [-0.39, 0.29) is 22.1 Å². The Morgan fingerprint density at radius 2 is 1.92 bits per heavy atom. The fourth-order valence-electron chi connectivity index (χ4n) is 2.77. The summed E-state index contributed by atoms with van der Waals surface area (Å²) < 4.78 is 0. The molecule has 0 bridgehead atoms. The van der Waals surface area contributed by atoms with E-state index in [1.807, 2.05) is 0 Å². The number of benzene rings is 2. The first-order chi connectivity index (χ1) is 11.9. The molecule has 0 saturated carbocycles. The molecular weight excluding hydrogens is 367 g/mol. The minimum Gasteiger partial charge on any atom is -0.308 e. The largest absolute Gasteiger partial charge is 0.308 e. The number of nitro groups is 1. The Labute approximate surface area is 153 Å². The Balaban J connectivity index is 2.04. The predicted molar refractivity (Wildman–Crippen MR) is 94.8 cm³/mol. The molecule has 2 aromatic carbocycles. The molecule has 3 rings (SSSR count). The van der Waals surface area contributed by atoms with Gasteiger partial charge in [0.1, 0.15) is 0 Å². The summed E-state index contributed by atoms with van der Waals surface area (Å²) in [6, 6.07) is 8.47. The number of carbonyl (C=O) groups excluding carboxylic acids is 2. The topological polar surface area (TPSA) is 80.5 Å². The first-order valence-corrected chi connectivity index (χ1v) is 8.22. The molecular formula is C17H12Cl2N2O4. The number of ketones is 1. The second-order valence-corrected chi connectivity index (χ2v) is 6.41. The number of hydrogen-bond donors (Lipinski definition) is 0. The van der Waals surface area contributed by atoms with Crippen LogP contribution in [0.5, 0.6) is 0 Å².